The molecule has 5 nitrogen and oxygen atoms in total. The molecule has 0 fully saturated rings. The number of carbonyl (C=O) groups is 1. The summed E-state index contributed by atoms with van der Waals surface area (Å²) < 4.78 is 36.1. The minimum absolute atomic E-state index is 0.0646. The number of amides is 1. The maximum absolute atomic E-state index is 13.1. The van der Waals surface area contributed by atoms with Crippen LogP contribution in [-0.2, 0) is 9.47 Å². The standard InChI is InChI=1S/C14H20F2N2O3/c1-20-6-7-21-5-3-2-4-18-14(19)10-8-11(15)12(16)9-13(10)17/h8-9H,2-7,17H2,1H3,(H,18,19). The van der Waals surface area contributed by atoms with Gasteiger partial charge in [-0.3, -0.25) is 4.79 Å². The third kappa shape index (κ3) is 6.05. The lowest BCUT2D eigenvalue weighted by atomic mass is 10.1. The number of ether oxygens (including phenoxy) is 2. The summed E-state index contributed by atoms with van der Waals surface area (Å²) in [6.07, 6.45) is 1.49. The van der Waals surface area contributed by atoms with E-state index < -0.39 is 17.5 Å². The molecule has 0 aliphatic rings. The highest BCUT2D eigenvalue weighted by Crippen LogP contribution is 2.16. The second-order valence-electron chi connectivity index (χ2n) is 4.42. The quantitative estimate of drug-likeness (QED) is 0.538. The summed E-state index contributed by atoms with van der Waals surface area (Å²) in [6, 6.07) is 1.60. The highest BCUT2D eigenvalue weighted by atomic mass is 19.2. The first kappa shape index (κ1) is 17.3. The Morgan fingerprint density at radius 1 is 1.19 bits per heavy atom. The van der Waals surface area contributed by atoms with Gasteiger partial charge in [-0.05, 0) is 18.9 Å². The van der Waals surface area contributed by atoms with Crippen LogP contribution in [0.25, 0.3) is 0 Å². The zero-order valence-corrected chi connectivity index (χ0v) is 12.0. The smallest absolute Gasteiger partial charge is 0.253 e. The van der Waals surface area contributed by atoms with Crippen molar-refractivity contribution in [1.82, 2.24) is 5.32 Å². The molecule has 0 saturated carbocycles. The van der Waals surface area contributed by atoms with Crippen LogP contribution < -0.4 is 11.1 Å². The number of hydrogen-bond acceptors (Lipinski definition) is 4. The largest absolute Gasteiger partial charge is 0.398 e. The number of hydrogen-bond donors (Lipinski definition) is 2. The van der Waals surface area contributed by atoms with Crippen LogP contribution in [0.4, 0.5) is 14.5 Å². The lowest BCUT2D eigenvalue weighted by molar-refractivity contribution is 0.0686. The Kier molecular flexibility index (Phi) is 7.63. The van der Waals surface area contributed by atoms with E-state index in [1.807, 2.05) is 0 Å². The normalized spacial score (nSPS) is 10.6. The summed E-state index contributed by atoms with van der Waals surface area (Å²) in [5, 5.41) is 2.60. The van der Waals surface area contributed by atoms with Gasteiger partial charge < -0.3 is 20.5 Å². The van der Waals surface area contributed by atoms with Crippen molar-refractivity contribution in [2.45, 2.75) is 12.8 Å². The van der Waals surface area contributed by atoms with Gasteiger partial charge in [0.15, 0.2) is 11.6 Å². The van der Waals surface area contributed by atoms with E-state index in [4.69, 9.17) is 15.2 Å². The number of methoxy groups -OCH3 is 1. The molecule has 7 heteroatoms. The molecule has 21 heavy (non-hydrogen) atoms. The Balaban J connectivity index is 2.27. The van der Waals surface area contributed by atoms with Gasteiger partial charge in [-0.25, -0.2) is 8.78 Å². The number of carbonyl (C=O) groups excluding carboxylic acids is 1. The second kappa shape index (κ2) is 9.25. The molecule has 118 valence electrons. The molecule has 0 atom stereocenters. The second-order valence-corrected chi connectivity index (χ2v) is 4.42. The minimum Gasteiger partial charge on any atom is -0.398 e. The lowest BCUT2D eigenvalue weighted by Crippen LogP contribution is -2.25. The maximum atomic E-state index is 13.1. The number of rotatable bonds is 9. The summed E-state index contributed by atoms with van der Waals surface area (Å²) in [6.45, 7) is 2.07. The molecule has 0 aliphatic heterocycles. The maximum Gasteiger partial charge on any atom is 0.253 e. The summed E-state index contributed by atoms with van der Waals surface area (Å²) in [7, 11) is 1.60. The first-order valence-electron chi connectivity index (χ1n) is 6.65. The molecule has 1 aromatic carbocycles. The zero-order chi connectivity index (χ0) is 15.7. The highest BCUT2D eigenvalue weighted by molar-refractivity contribution is 5.99. The molecule has 1 aromatic rings. The Hall–Kier alpha value is -1.73. The van der Waals surface area contributed by atoms with E-state index in [0.29, 0.717) is 32.8 Å². The predicted molar refractivity (Wildman–Crippen MR) is 75.0 cm³/mol. The molecule has 0 saturated heterocycles. The molecular weight excluding hydrogens is 282 g/mol. The van der Waals surface area contributed by atoms with Crippen LogP contribution in [-0.4, -0.2) is 39.4 Å². The highest BCUT2D eigenvalue weighted by Gasteiger charge is 2.13. The number of nitrogens with two attached hydrogens (primary N) is 1. The number of benzene rings is 1. The molecule has 1 amide bonds. The molecular formula is C14H20F2N2O3. The van der Waals surface area contributed by atoms with Crippen LogP contribution in [0.3, 0.4) is 0 Å². The lowest BCUT2D eigenvalue weighted by Gasteiger charge is -2.08. The van der Waals surface area contributed by atoms with Crippen molar-refractivity contribution >= 4 is 11.6 Å². The van der Waals surface area contributed by atoms with E-state index in [9.17, 15) is 13.6 Å². The van der Waals surface area contributed by atoms with E-state index in [0.717, 1.165) is 18.6 Å². The summed E-state index contributed by atoms with van der Waals surface area (Å²) in [5.74, 6) is -2.69. The monoisotopic (exact) mass is 302 g/mol. The molecule has 1 rings (SSSR count). The van der Waals surface area contributed by atoms with E-state index in [-0.39, 0.29) is 11.3 Å². The van der Waals surface area contributed by atoms with Crippen molar-refractivity contribution in [2.75, 3.05) is 39.2 Å². The van der Waals surface area contributed by atoms with Crippen LogP contribution >= 0.6 is 0 Å². The van der Waals surface area contributed by atoms with Crippen molar-refractivity contribution in [3.8, 4) is 0 Å². The fourth-order valence-corrected chi connectivity index (χ4v) is 1.63. The van der Waals surface area contributed by atoms with Crippen LogP contribution in [0.15, 0.2) is 12.1 Å². The molecule has 0 heterocycles. The van der Waals surface area contributed by atoms with E-state index in [2.05, 4.69) is 5.32 Å². The van der Waals surface area contributed by atoms with Gasteiger partial charge >= 0.3 is 0 Å². The van der Waals surface area contributed by atoms with Gasteiger partial charge in [0.25, 0.3) is 5.91 Å². The third-order valence-electron chi connectivity index (χ3n) is 2.77. The van der Waals surface area contributed by atoms with Crippen molar-refractivity contribution in [3.05, 3.63) is 29.3 Å². The van der Waals surface area contributed by atoms with Crippen molar-refractivity contribution < 1.29 is 23.0 Å². The number of nitrogens with one attached hydrogen (secondary N) is 1. The first-order chi connectivity index (χ1) is 10.1. The van der Waals surface area contributed by atoms with Gasteiger partial charge in [-0.2, -0.15) is 0 Å². The molecule has 0 radical (unpaired) electrons. The van der Waals surface area contributed by atoms with Crippen LogP contribution in [0.5, 0.6) is 0 Å². The van der Waals surface area contributed by atoms with E-state index >= 15 is 0 Å². The van der Waals surface area contributed by atoms with Crippen LogP contribution in [0.1, 0.15) is 23.2 Å². The summed E-state index contributed by atoms with van der Waals surface area (Å²) in [5.41, 5.74) is 5.34. The van der Waals surface area contributed by atoms with Crippen molar-refractivity contribution in [2.24, 2.45) is 0 Å². The fourth-order valence-electron chi connectivity index (χ4n) is 1.63. The SMILES string of the molecule is COCCOCCCCNC(=O)c1cc(F)c(F)cc1N. The molecule has 3 N–H and O–H groups in total. The summed E-state index contributed by atoms with van der Waals surface area (Å²) >= 11 is 0. The van der Waals surface area contributed by atoms with Crippen molar-refractivity contribution in [1.29, 1.82) is 0 Å². The molecule has 0 spiro atoms. The van der Waals surface area contributed by atoms with Crippen molar-refractivity contribution in [3.63, 3.8) is 0 Å². The van der Waals surface area contributed by atoms with Crippen LogP contribution in [0.2, 0.25) is 0 Å². The molecule has 0 unspecified atom stereocenters. The average Bonchev–Trinajstić information content (AvgIpc) is 2.45. The predicted octanol–water partition coefficient (Wildman–Crippen LogP) is 1.72. The number of halogens is 2. The van der Waals surface area contributed by atoms with Gasteiger partial charge in [0.1, 0.15) is 0 Å². The van der Waals surface area contributed by atoms with Gasteiger partial charge in [-0.1, -0.05) is 0 Å². The first-order valence-corrected chi connectivity index (χ1v) is 6.65. The average molecular weight is 302 g/mol. The Morgan fingerprint density at radius 2 is 1.90 bits per heavy atom. The molecule has 0 aromatic heterocycles. The third-order valence-corrected chi connectivity index (χ3v) is 2.77. The summed E-state index contributed by atoms with van der Waals surface area (Å²) in [4.78, 5) is 11.8. The van der Waals surface area contributed by atoms with Gasteiger partial charge in [0.05, 0.1) is 18.8 Å². The Bertz CT molecular complexity index is 470. The van der Waals surface area contributed by atoms with Gasteiger partial charge in [0, 0.05) is 32.0 Å². The van der Waals surface area contributed by atoms with Crippen LogP contribution in [0, 0.1) is 11.6 Å². The Morgan fingerprint density at radius 3 is 2.62 bits per heavy atom. The van der Waals surface area contributed by atoms with Gasteiger partial charge in [-0.15, -0.1) is 0 Å². The minimum atomic E-state index is -1.10. The number of nitrogen functional groups attached to an aromatic ring is 1. The molecule has 0 aliphatic carbocycles. The van der Waals surface area contributed by atoms with E-state index in [1.165, 1.54) is 0 Å². The fraction of sp³-hybridized carbons (Fsp3) is 0.500. The van der Waals surface area contributed by atoms with Gasteiger partial charge in [0.2, 0.25) is 0 Å². The topological polar surface area (TPSA) is 73.6 Å². The zero-order valence-electron chi connectivity index (χ0n) is 12.0. The number of unbranched alkanes of at least 4 members (excludes halogenated alkanes) is 1. The molecule has 0 bridgehead atoms. The van der Waals surface area contributed by atoms with E-state index in [1.54, 1.807) is 7.11 Å². The number of anilines is 1. The Labute approximate surface area is 122 Å².